The molecule has 0 amide bonds. The number of nitrogens with zero attached hydrogens (tertiary/aromatic N) is 3. The summed E-state index contributed by atoms with van der Waals surface area (Å²) in [7, 11) is 0. The van der Waals surface area contributed by atoms with Crippen LogP contribution in [0.15, 0.2) is 0 Å². The first kappa shape index (κ1) is 31.7. The average Bonchev–Trinajstić information content (AvgIpc) is 2.99. The van der Waals surface area contributed by atoms with Crippen LogP contribution < -0.4 is 16.0 Å². The molecule has 0 aromatic rings. The molecule has 3 fully saturated rings. The molecule has 0 aromatic heterocycles. The maximum absolute atomic E-state index is 12.6. The highest BCUT2D eigenvalue weighted by atomic mass is 16.6. The zero-order valence-electron chi connectivity index (χ0n) is 23.8. The molecule has 12 nitrogen and oxygen atoms in total. The van der Waals surface area contributed by atoms with Gasteiger partial charge in [-0.15, -0.1) is 0 Å². The van der Waals surface area contributed by atoms with Crippen molar-refractivity contribution in [3.8, 4) is 0 Å². The van der Waals surface area contributed by atoms with Gasteiger partial charge in [0.1, 0.15) is 19.8 Å². The molecule has 3 heterocycles. The molecule has 0 bridgehead atoms. The first-order valence-electron chi connectivity index (χ1n) is 14.7. The summed E-state index contributed by atoms with van der Waals surface area (Å²) in [4.78, 5) is 44.5. The van der Waals surface area contributed by atoms with Gasteiger partial charge in [0, 0.05) is 98.2 Å². The van der Waals surface area contributed by atoms with Crippen molar-refractivity contribution >= 4 is 17.9 Å². The van der Waals surface area contributed by atoms with Gasteiger partial charge in [-0.1, -0.05) is 6.92 Å². The molecule has 0 spiro atoms. The van der Waals surface area contributed by atoms with Gasteiger partial charge in [-0.3, -0.25) is 14.4 Å². The SMILES string of the molecule is CCC(COC(=O)CCN1CCNCC1)(COC(=O)CCN1CCNCC1)COC(=O)CCN1CCNCC1. The molecule has 3 rings (SSSR count). The van der Waals surface area contributed by atoms with Gasteiger partial charge in [-0.05, 0) is 6.42 Å². The van der Waals surface area contributed by atoms with Gasteiger partial charge in [0.15, 0.2) is 0 Å². The Balaban J connectivity index is 1.47. The van der Waals surface area contributed by atoms with Crippen molar-refractivity contribution in [3.63, 3.8) is 0 Å². The maximum Gasteiger partial charge on any atom is 0.307 e. The average molecular weight is 555 g/mol. The van der Waals surface area contributed by atoms with E-state index in [0.717, 1.165) is 78.5 Å². The van der Waals surface area contributed by atoms with Gasteiger partial charge < -0.3 is 44.9 Å². The lowest BCUT2D eigenvalue weighted by atomic mass is 9.88. The number of ether oxygens (including phenoxy) is 3. The summed E-state index contributed by atoms with van der Waals surface area (Å²) in [5.74, 6) is -0.871. The second-order valence-electron chi connectivity index (χ2n) is 10.9. The van der Waals surface area contributed by atoms with E-state index in [1.54, 1.807) is 0 Å². The van der Waals surface area contributed by atoms with Crippen LogP contribution in [0.3, 0.4) is 0 Å². The maximum atomic E-state index is 12.6. The molecule has 39 heavy (non-hydrogen) atoms. The fourth-order valence-electron chi connectivity index (χ4n) is 4.90. The summed E-state index contributed by atoms with van der Waals surface area (Å²) in [6, 6.07) is 0. The van der Waals surface area contributed by atoms with E-state index in [-0.39, 0.29) is 37.7 Å². The number of rotatable bonds is 16. The van der Waals surface area contributed by atoms with E-state index < -0.39 is 5.41 Å². The first-order valence-corrected chi connectivity index (χ1v) is 14.7. The molecule has 0 saturated carbocycles. The van der Waals surface area contributed by atoms with E-state index in [0.29, 0.717) is 45.3 Å². The van der Waals surface area contributed by atoms with Gasteiger partial charge in [0.05, 0.1) is 24.7 Å². The molecule has 12 heteroatoms. The molecule has 3 aliphatic rings. The minimum Gasteiger partial charge on any atom is -0.465 e. The molecule has 3 saturated heterocycles. The predicted octanol–water partition coefficient (Wildman–Crippen LogP) is -1.10. The Morgan fingerprint density at radius 2 is 0.846 bits per heavy atom. The van der Waals surface area contributed by atoms with E-state index in [9.17, 15) is 14.4 Å². The number of hydrogen-bond acceptors (Lipinski definition) is 12. The normalized spacial score (nSPS) is 19.9. The molecule has 3 N–H and O–H groups in total. The lowest BCUT2D eigenvalue weighted by molar-refractivity contribution is -0.162. The van der Waals surface area contributed by atoms with Crippen molar-refractivity contribution in [1.82, 2.24) is 30.7 Å². The Morgan fingerprint density at radius 3 is 1.10 bits per heavy atom. The highest BCUT2D eigenvalue weighted by Crippen LogP contribution is 2.25. The van der Waals surface area contributed by atoms with Crippen molar-refractivity contribution in [2.75, 3.05) is 118 Å². The topological polar surface area (TPSA) is 125 Å². The van der Waals surface area contributed by atoms with Gasteiger partial charge in [-0.25, -0.2) is 0 Å². The van der Waals surface area contributed by atoms with Crippen molar-refractivity contribution in [1.29, 1.82) is 0 Å². The summed E-state index contributed by atoms with van der Waals surface area (Å²) < 4.78 is 17.0. The molecule has 224 valence electrons. The van der Waals surface area contributed by atoms with Crippen molar-refractivity contribution in [2.45, 2.75) is 32.6 Å². The number of piperazine rings is 3. The minimum atomic E-state index is -0.778. The van der Waals surface area contributed by atoms with E-state index in [4.69, 9.17) is 14.2 Å². The standard InChI is InChI=1S/C27H50N6O6/c1-2-27(21-37-24(34)3-12-31-15-6-28-7-16-31,22-38-25(35)4-13-32-17-8-29-9-18-32)23-39-26(36)5-14-33-19-10-30-11-20-33/h28-30H,2-23H2,1H3. The van der Waals surface area contributed by atoms with Crippen LogP contribution in [0.1, 0.15) is 32.6 Å². The quantitative estimate of drug-likeness (QED) is 0.158. The van der Waals surface area contributed by atoms with E-state index in [1.807, 2.05) is 6.92 Å². The van der Waals surface area contributed by atoms with Crippen LogP contribution in [0.25, 0.3) is 0 Å². The first-order chi connectivity index (χ1) is 19.0. The summed E-state index contributed by atoms with van der Waals surface area (Å²) in [5.41, 5.74) is -0.778. The summed E-state index contributed by atoms with van der Waals surface area (Å²) in [6.07, 6.45) is 1.44. The van der Waals surface area contributed by atoms with Gasteiger partial charge >= 0.3 is 17.9 Å². The van der Waals surface area contributed by atoms with E-state index >= 15 is 0 Å². The van der Waals surface area contributed by atoms with Crippen molar-refractivity contribution < 1.29 is 28.6 Å². The lowest BCUT2D eigenvalue weighted by Gasteiger charge is -2.32. The highest BCUT2D eigenvalue weighted by molar-refractivity contribution is 5.70. The van der Waals surface area contributed by atoms with Crippen molar-refractivity contribution in [3.05, 3.63) is 0 Å². The van der Waals surface area contributed by atoms with E-state index in [2.05, 4.69) is 30.7 Å². The third-order valence-corrected chi connectivity index (χ3v) is 7.89. The van der Waals surface area contributed by atoms with Crippen LogP contribution in [-0.2, 0) is 28.6 Å². The summed E-state index contributed by atoms with van der Waals surface area (Å²) >= 11 is 0. The smallest absolute Gasteiger partial charge is 0.307 e. The van der Waals surface area contributed by atoms with Crippen LogP contribution in [0.2, 0.25) is 0 Å². The van der Waals surface area contributed by atoms with Crippen LogP contribution in [-0.4, -0.2) is 151 Å². The lowest BCUT2D eigenvalue weighted by Crippen LogP contribution is -2.45. The molecule has 0 atom stereocenters. The third-order valence-electron chi connectivity index (χ3n) is 7.89. The number of nitrogens with one attached hydrogen (secondary N) is 3. The largest absolute Gasteiger partial charge is 0.465 e. The Bertz CT molecular complexity index is 645. The van der Waals surface area contributed by atoms with Crippen molar-refractivity contribution in [2.24, 2.45) is 5.41 Å². The van der Waals surface area contributed by atoms with Crippen LogP contribution >= 0.6 is 0 Å². The van der Waals surface area contributed by atoms with Gasteiger partial charge in [0.25, 0.3) is 0 Å². The second kappa shape index (κ2) is 17.8. The molecule has 0 aliphatic carbocycles. The fraction of sp³-hybridized carbons (Fsp3) is 0.889. The number of hydrogen-bond donors (Lipinski definition) is 3. The molecular formula is C27H50N6O6. The zero-order valence-corrected chi connectivity index (χ0v) is 23.8. The molecule has 0 unspecified atom stereocenters. The molecular weight excluding hydrogens is 504 g/mol. The number of carbonyl (C=O) groups is 3. The third kappa shape index (κ3) is 12.5. The summed E-state index contributed by atoms with van der Waals surface area (Å²) in [6.45, 7) is 15.1. The predicted molar refractivity (Wildman–Crippen MR) is 147 cm³/mol. The molecule has 3 aliphatic heterocycles. The zero-order chi connectivity index (χ0) is 27.8. The molecule has 0 aromatic carbocycles. The Kier molecular flexibility index (Phi) is 14.4. The van der Waals surface area contributed by atoms with Gasteiger partial charge in [-0.2, -0.15) is 0 Å². The second-order valence-corrected chi connectivity index (χ2v) is 10.9. The fourth-order valence-corrected chi connectivity index (χ4v) is 4.90. The van der Waals surface area contributed by atoms with Gasteiger partial charge in [0.2, 0.25) is 0 Å². The Hall–Kier alpha value is -1.83. The monoisotopic (exact) mass is 554 g/mol. The Morgan fingerprint density at radius 1 is 0.564 bits per heavy atom. The number of carbonyl (C=O) groups excluding carboxylic acids is 3. The Labute approximate surface area is 233 Å². The van der Waals surface area contributed by atoms with Crippen LogP contribution in [0.4, 0.5) is 0 Å². The van der Waals surface area contributed by atoms with E-state index in [1.165, 1.54) is 0 Å². The minimum absolute atomic E-state index is 0.0417. The number of esters is 3. The molecule has 0 radical (unpaired) electrons. The highest BCUT2D eigenvalue weighted by Gasteiger charge is 2.34. The van der Waals surface area contributed by atoms with Crippen LogP contribution in [0, 0.1) is 5.41 Å². The summed E-state index contributed by atoms with van der Waals surface area (Å²) in [5, 5.41) is 9.91. The van der Waals surface area contributed by atoms with Crippen LogP contribution in [0.5, 0.6) is 0 Å².